The van der Waals surface area contributed by atoms with Gasteiger partial charge in [-0.05, 0) is 26.0 Å². The van der Waals surface area contributed by atoms with Crippen LogP contribution in [0.25, 0.3) is 5.69 Å². The van der Waals surface area contributed by atoms with E-state index in [9.17, 15) is 9.59 Å². The van der Waals surface area contributed by atoms with E-state index >= 15 is 0 Å². The Hall–Kier alpha value is -2.10. The van der Waals surface area contributed by atoms with Gasteiger partial charge in [-0.3, -0.25) is 14.3 Å². The number of ketones is 1. The number of rotatable bonds is 2. The van der Waals surface area contributed by atoms with E-state index in [2.05, 4.69) is 0 Å². The van der Waals surface area contributed by atoms with Gasteiger partial charge in [0.1, 0.15) is 5.56 Å². The molecule has 4 nitrogen and oxygen atoms in total. The fourth-order valence-corrected chi connectivity index (χ4v) is 2.32. The van der Waals surface area contributed by atoms with Crippen LogP contribution in [0.1, 0.15) is 42.4 Å². The summed E-state index contributed by atoms with van der Waals surface area (Å²) in [7, 11) is 1.80. The van der Waals surface area contributed by atoms with E-state index in [1.54, 1.807) is 16.4 Å². The topological polar surface area (TPSA) is 44.0 Å². The molecule has 0 unspecified atom stereocenters. The molecule has 0 saturated carbocycles. The minimum atomic E-state index is -0.573. The van der Waals surface area contributed by atoms with Gasteiger partial charge in [-0.15, -0.1) is 0 Å². The van der Waals surface area contributed by atoms with Crippen LogP contribution in [0.4, 0.5) is 0 Å². The number of aromatic nitrogens is 2. The van der Waals surface area contributed by atoms with Gasteiger partial charge in [0.15, 0.2) is 5.78 Å². The molecule has 0 saturated heterocycles. The third-order valence-corrected chi connectivity index (χ3v) is 3.74. The highest BCUT2D eigenvalue weighted by molar-refractivity contribution is 6.00. The third kappa shape index (κ3) is 2.58. The van der Waals surface area contributed by atoms with Crippen LogP contribution >= 0.6 is 0 Å². The lowest BCUT2D eigenvalue weighted by molar-refractivity contribution is 0.0856. The molecule has 0 aliphatic carbocycles. The first-order valence-corrected chi connectivity index (χ1v) is 7.05. The highest BCUT2D eigenvalue weighted by Gasteiger charge is 2.30. The molecule has 4 heteroatoms. The number of nitrogens with zero attached hydrogens (tertiary/aromatic N) is 2. The maximum atomic E-state index is 12.7. The van der Waals surface area contributed by atoms with E-state index < -0.39 is 5.41 Å². The molecular formula is C17H22N2O2. The molecule has 112 valence electrons. The number of hydrogen-bond donors (Lipinski definition) is 0. The van der Waals surface area contributed by atoms with Gasteiger partial charge in [-0.25, -0.2) is 4.68 Å². The lowest BCUT2D eigenvalue weighted by atomic mass is 9.86. The largest absolute Gasteiger partial charge is 0.293 e. The molecule has 21 heavy (non-hydrogen) atoms. The zero-order valence-corrected chi connectivity index (χ0v) is 13.5. The standard InChI is InChI=1S/C17H22N2O2/c1-11-7-9-13(10-8-11)19-16(21)14(12(2)18(19)6)15(20)17(3,4)5/h7-10H,1-6H3. The summed E-state index contributed by atoms with van der Waals surface area (Å²) in [5, 5.41) is 0. The van der Waals surface area contributed by atoms with Crippen LogP contribution < -0.4 is 5.56 Å². The molecule has 1 heterocycles. The SMILES string of the molecule is Cc1ccc(-n2c(=O)c(C(=O)C(C)(C)C)c(C)n2C)cc1. The van der Waals surface area contributed by atoms with Gasteiger partial charge >= 0.3 is 0 Å². The van der Waals surface area contributed by atoms with Gasteiger partial charge < -0.3 is 0 Å². The van der Waals surface area contributed by atoms with Crippen LogP contribution in [0, 0.1) is 19.3 Å². The fraction of sp³-hybridized carbons (Fsp3) is 0.412. The average Bonchev–Trinajstić information content (AvgIpc) is 2.60. The van der Waals surface area contributed by atoms with Crippen LogP contribution in [0.2, 0.25) is 0 Å². The third-order valence-electron chi connectivity index (χ3n) is 3.74. The van der Waals surface area contributed by atoms with Crippen molar-refractivity contribution in [2.45, 2.75) is 34.6 Å². The van der Waals surface area contributed by atoms with E-state index in [1.807, 2.05) is 58.9 Å². The summed E-state index contributed by atoms with van der Waals surface area (Å²) in [6.45, 7) is 9.30. The van der Waals surface area contributed by atoms with Crippen LogP contribution in [0.15, 0.2) is 29.1 Å². The predicted molar refractivity (Wildman–Crippen MR) is 84.3 cm³/mol. The number of Topliss-reactive ketones (excluding diaryl/α,β-unsaturated/α-hetero) is 1. The van der Waals surface area contributed by atoms with Crippen molar-refractivity contribution in [2.75, 3.05) is 0 Å². The quantitative estimate of drug-likeness (QED) is 0.797. The minimum Gasteiger partial charge on any atom is -0.293 e. The summed E-state index contributed by atoms with van der Waals surface area (Å²) in [5.74, 6) is -0.119. The van der Waals surface area contributed by atoms with Gasteiger partial charge in [0.05, 0.1) is 5.69 Å². The smallest absolute Gasteiger partial charge is 0.282 e. The number of carbonyl (C=O) groups excluding carboxylic acids is 1. The van der Waals surface area contributed by atoms with Crippen LogP contribution in [-0.2, 0) is 7.05 Å². The van der Waals surface area contributed by atoms with Crippen molar-refractivity contribution in [3.05, 3.63) is 51.4 Å². The van der Waals surface area contributed by atoms with Crippen LogP contribution in [0.3, 0.4) is 0 Å². The maximum Gasteiger partial charge on any atom is 0.282 e. The van der Waals surface area contributed by atoms with Crippen molar-refractivity contribution in [3.63, 3.8) is 0 Å². The minimum absolute atomic E-state index is 0.119. The summed E-state index contributed by atoms with van der Waals surface area (Å²) < 4.78 is 3.29. The van der Waals surface area contributed by atoms with Gasteiger partial charge in [-0.2, -0.15) is 0 Å². The van der Waals surface area contributed by atoms with Crippen molar-refractivity contribution in [3.8, 4) is 5.69 Å². The van der Waals surface area contributed by atoms with Crippen molar-refractivity contribution in [1.29, 1.82) is 0 Å². The number of hydrogen-bond acceptors (Lipinski definition) is 2. The van der Waals surface area contributed by atoms with Gasteiger partial charge in [0.25, 0.3) is 5.56 Å². The summed E-state index contributed by atoms with van der Waals surface area (Å²) >= 11 is 0. The number of aryl methyl sites for hydroxylation is 1. The van der Waals surface area contributed by atoms with Crippen molar-refractivity contribution in [1.82, 2.24) is 9.36 Å². The Kier molecular flexibility index (Phi) is 3.66. The van der Waals surface area contributed by atoms with Gasteiger partial charge in [0.2, 0.25) is 0 Å². The first-order valence-electron chi connectivity index (χ1n) is 7.05. The van der Waals surface area contributed by atoms with Crippen LogP contribution in [-0.4, -0.2) is 15.1 Å². The lowest BCUT2D eigenvalue weighted by Crippen LogP contribution is -2.28. The normalized spacial score (nSPS) is 11.7. The highest BCUT2D eigenvalue weighted by atomic mass is 16.2. The summed E-state index contributed by atoms with van der Waals surface area (Å²) in [4.78, 5) is 25.2. The zero-order chi connectivity index (χ0) is 15.9. The van der Waals surface area contributed by atoms with Crippen molar-refractivity contribution >= 4 is 5.78 Å². The number of benzene rings is 1. The summed E-state index contributed by atoms with van der Waals surface area (Å²) in [5.41, 5.74) is 2.05. The molecule has 0 atom stereocenters. The first kappa shape index (κ1) is 15.3. The lowest BCUT2D eigenvalue weighted by Gasteiger charge is -2.15. The monoisotopic (exact) mass is 286 g/mol. The van der Waals surface area contributed by atoms with E-state index in [1.165, 1.54) is 0 Å². The second kappa shape index (κ2) is 5.02. The van der Waals surface area contributed by atoms with Gasteiger partial charge in [0, 0.05) is 18.2 Å². The van der Waals surface area contributed by atoms with Gasteiger partial charge in [-0.1, -0.05) is 38.5 Å². The Morgan fingerprint density at radius 3 is 2.05 bits per heavy atom. The van der Waals surface area contributed by atoms with E-state index in [4.69, 9.17) is 0 Å². The predicted octanol–water partition coefficient (Wildman–Crippen LogP) is 3.02. The molecule has 0 radical (unpaired) electrons. The van der Waals surface area contributed by atoms with E-state index in [0.717, 1.165) is 11.3 Å². The molecule has 0 aliphatic heterocycles. The molecule has 2 rings (SSSR count). The van der Waals surface area contributed by atoms with Crippen LogP contribution in [0.5, 0.6) is 0 Å². The molecule has 1 aromatic carbocycles. The Morgan fingerprint density at radius 1 is 1.05 bits per heavy atom. The Balaban J connectivity index is 2.69. The second-order valence-electron chi connectivity index (χ2n) is 6.52. The molecule has 0 N–H and O–H groups in total. The Bertz CT molecular complexity index is 741. The molecule has 0 spiro atoms. The summed E-state index contributed by atoms with van der Waals surface area (Å²) in [6.07, 6.45) is 0. The second-order valence-corrected chi connectivity index (χ2v) is 6.52. The molecule has 0 aliphatic rings. The molecule has 2 aromatic rings. The number of carbonyl (C=O) groups is 1. The highest BCUT2D eigenvalue weighted by Crippen LogP contribution is 2.22. The molecule has 1 aromatic heterocycles. The molecule has 0 amide bonds. The van der Waals surface area contributed by atoms with Crippen molar-refractivity contribution in [2.24, 2.45) is 12.5 Å². The molecule has 0 fully saturated rings. The Labute approximate surface area is 125 Å². The fourth-order valence-electron chi connectivity index (χ4n) is 2.32. The first-order chi connectivity index (χ1) is 9.64. The zero-order valence-electron chi connectivity index (χ0n) is 13.5. The summed E-state index contributed by atoms with van der Waals surface area (Å²) in [6, 6.07) is 7.69. The van der Waals surface area contributed by atoms with Crippen molar-refractivity contribution < 1.29 is 4.79 Å². The van der Waals surface area contributed by atoms with E-state index in [0.29, 0.717) is 5.69 Å². The Morgan fingerprint density at radius 2 is 1.57 bits per heavy atom. The van der Waals surface area contributed by atoms with E-state index in [-0.39, 0.29) is 16.9 Å². The maximum absolute atomic E-state index is 12.7. The molecule has 0 bridgehead atoms. The average molecular weight is 286 g/mol. The molecular weight excluding hydrogens is 264 g/mol.